The second kappa shape index (κ2) is 5.43. The van der Waals surface area contributed by atoms with Crippen LogP contribution in [-0.4, -0.2) is 35.1 Å². The van der Waals surface area contributed by atoms with Crippen molar-refractivity contribution in [3.8, 4) is 0 Å². The van der Waals surface area contributed by atoms with Gasteiger partial charge in [0.1, 0.15) is 0 Å². The molecule has 1 N–H and O–H groups in total. The molecule has 108 valence electrons. The zero-order valence-corrected chi connectivity index (χ0v) is 11.9. The summed E-state index contributed by atoms with van der Waals surface area (Å²) in [5.74, 6) is 0.317. The van der Waals surface area contributed by atoms with E-state index in [0.29, 0.717) is 6.04 Å². The van der Waals surface area contributed by atoms with Gasteiger partial charge in [0.15, 0.2) is 0 Å². The molecule has 0 aromatic carbocycles. The fourth-order valence-electron chi connectivity index (χ4n) is 4.80. The molecular formula is C16H27NO2. The van der Waals surface area contributed by atoms with Gasteiger partial charge in [-0.25, -0.2) is 0 Å². The molecule has 0 aromatic heterocycles. The van der Waals surface area contributed by atoms with Crippen molar-refractivity contribution in [2.24, 2.45) is 11.3 Å². The molecule has 1 saturated heterocycles. The van der Waals surface area contributed by atoms with Crippen LogP contribution in [0.15, 0.2) is 0 Å². The van der Waals surface area contributed by atoms with Crippen LogP contribution >= 0.6 is 0 Å². The molecule has 2 aliphatic carbocycles. The predicted octanol–water partition coefficient (Wildman–Crippen LogP) is 3.29. The first kappa shape index (κ1) is 13.4. The summed E-state index contributed by atoms with van der Waals surface area (Å²) in [6.07, 6.45) is 12.1. The van der Waals surface area contributed by atoms with Gasteiger partial charge in [-0.05, 0) is 51.0 Å². The summed E-state index contributed by atoms with van der Waals surface area (Å²) in [6.45, 7) is 1.96. The van der Waals surface area contributed by atoms with Crippen molar-refractivity contribution in [1.82, 2.24) is 4.90 Å². The molecule has 3 rings (SSSR count). The Balaban J connectivity index is 1.71. The third-order valence-corrected chi connectivity index (χ3v) is 5.88. The molecule has 0 bridgehead atoms. The fourth-order valence-corrected chi connectivity index (χ4v) is 4.80. The quantitative estimate of drug-likeness (QED) is 0.851. The van der Waals surface area contributed by atoms with Gasteiger partial charge in [-0.3, -0.25) is 9.69 Å². The number of likely N-dealkylation sites (tertiary alicyclic amines) is 1. The third kappa shape index (κ3) is 2.54. The lowest BCUT2D eigenvalue weighted by molar-refractivity contribution is -0.151. The molecule has 0 spiro atoms. The Kier molecular flexibility index (Phi) is 3.84. The topological polar surface area (TPSA) is 40.5 Å². The number of aliphatic carboxylic acids is 1. The Morgan fingerprint density at radius 3 is 2.47 bits per heavy atom. The minimum absolute atomic E-state index is 0.417. The molecule has 19 heavy (non-hydrogen) atoms. The molecular weight excluding hydrogens is 238 g/mol. The van der Waals surface area contributed by atoms with Crippen molar-refractivity contribution in [3.05, 3.63) is 0 Å². The number of piperidine rings is 1. The van der Waals surface area contributed by atoms with Crippen molar-refractivity contribution >= 4 is 5.97 Å². The molecule has 0 unspecified atom stereocenters. The molecule has 1 aliphatic heterocycles. The highest BCUT2D eigenvalue weighted by Crippen LogP contribution is 2.42. The molecule has 0 aromatic rings. The number of hydrogen-bond acceptors (Lipinski definition) is 2. The minimum Gasteiger partial charge on any atom is -0.481 e. The summed E-state index contributed by atoms with van der Waals surface area (Å²) in [5.41, 5.74) is -0.417. The number of hydrogen-bond donors (Lipinski definition) is 1. The van der Waals surface area contributed by atoms with E-state index in [1.54, 1.807) is 0 Å². The van der Waals surface area contributed by atoms with Crippen LogP contribution in [0.5, 0.6) is 0 Å². The van der Waals surface area contributed by atoms with Gasteiger partial charge in [-0.1, -0.05) is 25.7 Å². The SMILES string of the molecule is O=C(O)C1(CN2CCC[C@H]3CCCC[C@H]32)CCCC1. The first-order valence-corrected chi connectivity index (χ1v) is 8.19. The average molecular weight is 265 g/mol. The average Bonchev–Trinajstić information content (AvgIpc) is 2.89. The lowest BCUT2D eigenvalue weighted by atomic mass is 9.76. The summed E-state index contributed by atoms with van der Waals surface area (Å²) in [4.78, 5) is 14.3. The Bertz CT molecular complexity index is 334. The van der Waals surface area contributed by atoms with Gasteiger partial charge in [-0.2, -0.15) is 0 Å². The van der Waals surface area contributed by atoms with E-state index in [1.165, 1.54) is 38.5 Å². The molecule has 3 fully saturated rings. The first-order chi connectivity index (χ1) is 9.21. The third-order valence-electron chi connectivity index (χ3n) is 5.88. The Morgan fingerprint density at radius 1 is 1.05 bits per heavy atom. The van der Waals surface area contributed by atoms with Gasteiger partial charge in [0.2, 0.25) is 0 Å². The van der Waals surface area contributed by atoms with Crippen molar-refractivity contribution < 1.29 is 9.90 Å². The summed E-state index contributed by atoms with van der Waals surface area (Å²) in [7, 11) is 0. The zero-order valence-electron chi connectivity index (χ0n) is 11.9. The summed E-state index contributed by atoms with van der Waals surface area (Å²) < 4.78 is 0. The summed E-state index contributed by atoms with van der Waals surface area (Å²) in [5, 5.41) is 9.66. The normalized spacial score (nSPS) is 34.9. The molecule has 3 nitrogen and oxygen atoms in total. The number of carbonyl (C=O) groups is 1. The Labute approximate surface area is 116 Å². The molecule has 1 heterocycles. The van der Waals surface area contributed by atoms with E-state index in [9.17, 15) is 9.90 Å². The second-order valence-corrected chi connectivity index (χ2v) is 7.02. The molecule has 0 amide bonds. The molecule has 3 aliphatic rings. The number of fused-ring (bicyclic) bond motifs is 1. The molecule has 3 heteroatoms. The number of carboxylic acids is 1. The van der Waals surface area contributed by atoms with Crippen LogP contribution in [0.1, 0.15) is 64.2 Å². The van der Waals surface area contributed by atoms with Crippen molar-refractivity contribution in [3.63, 3.8) is 0 Å². The van der Waals surface area contributed by atoms with Crippen LogP contribution < -0.4 is 0 Å². The van der Waals surface area contributed by atoms with Crippen molar-refractivity contribution in [2.45, 2.75) is 70.3 Å². The van der Waals surface area contributed by atoms with Gasteiger partial charge in [0.05, 0.1) is 5.41 Å². The van der Waals surface area contributed by atoms with Gasteiger partial charge >= 0.3 is 5.97 Å². The van der Waals surface area contributed by atoms with Crippen molar-refractivity contribution in [1.29, 1.82) is 0 Å². The van der Waals surface area contributed by atoms with Crippen molar-refractivity contribution in [2.75, 3.05) is 13.1 Å². The number of carboxylic acid groups (broad SMARTS) is 1. The first-order valence-electron chi connectivity index (χ1n) is 8.19. The zero-order chi connectivity index (χ0) is 13.3. The Morgan fingerprint density at radius 2 is 1.74 bits per heavy atom. The summed E-state index contributed by atoms with van der Waals surface area (Å²) >= 11 is 0. The van der Waals surface area contributed by atoms with Gasteiger partial charge in [0, 0.05) is 12.6 Å². The van der Waals surface area contributed by atoms with E-state index < -0.39 is 11.4 Å². The predicted molar refractivity (Wildman–Crippen MR) is 75.1 cm³/mol. The van der Waals surface area contributed by atoms with Gasteiger partial charge in [0.25, 0.3) is 0 Å². The standard InChI is InChI=1S/C16H27NO2/c18-15(19)16(9-3-4-10-16)12-17-11-5-7-13-6-1-2-8-14(13)17/h13-14H,1-12H2,(H,18,19)/t13-,14-/m1/s1. The fraction of sp³-hybridized carbons (Fsp3) is 0.938. The maximum absolute atomic E-state index is 11.7. The van der Waals surface area contributed by atoms with Crippen LogP contribution in [-0.2, 0) is 4.79 Å². The van der Waals surface area contributed by atoms with E-state index in [-0.39, 0.29) is 0 Å². The van der Waals surface area contributed by atoms with E-state index >= 15 is 0 Å². The van der Waals surface area contributed by atoms with Crippen LogP contribution in [0.25, 0.3) is 0 Å². The maximum atomic E-state index is 11.7. The second-order valence-electron chi connectivity index (χ2n) is 7.02. The van der Waals surface area contributed by atoms with Crippen LogP contribution in [0, 0.1) is 11.3 Å². The van der Waals surface area contributed by atoms with Gasteiger partial charge in [-0.15, -0.1) is 0 Å². The monoisotopic (exact) mass is 265 g/mol. The highest BCUT2D eigenvalue weighted by Gasteiger charge is 2.45. The van der Waals surface area contributed by atoms with E-state index in [4.69, 9.17) is 0 Å². The van der Waals surface area contributed by atoms with E-state index in [2.05, 4.69) is 4.90 Å². The Hall–Kier alpha value is -0.570. The van der Waals surface area contributed by atoms with Crippen LogP contribution in [0.2, 0.25) is 0 Å². The minimum atomic E-state index is -0.539. The highest BCUT2D eigenvalue weighted by atomic mass is 16.4. The van der Waals surface area contributed by atoms with Crippen LogP contribution in [0.4, 0.5) is 0 Å². The highest BCUT2D eigenvalue weighted by molar-refractivity contribution is 5.75. The maximum Gasteiger partial charge on any atom is 0.310 e. The lowest BCUT2D eigenvalue weighted by Gasteiger charge is -2.46. The van der Waals surface area contributed by atoms with Gasteiger partial charge < -0.3 is 5.11 Å². The number of rotatable bonds is 3. The molecule has 0 radical (unpaired) electrons. The van der Waals surface area contributed by atoms with E-state index in [1.807, 2.05) is 0 Å². The molecule has 2 atom stereocenters. The van der Waals surface area contributed by atoms with Crippen LogP contribution in [0.3, 0.4) is 0 Å². The molecule has 2 saturated carbocycles. The smallest absolute Gasteiger partial charge is 0.310 e. The lowest BCUT2D eigenvalue weighted by Crippen LogP contribution is -2.52. The summed E-state index contributed by atoms with van der Waals surface area (Å²) in [6, 6.07) is 0.694. The largest absolute Gasteiger partial charge is 0.481 e. The number of nitrogens with zero attached hydrogens (tertiary/aromatic N) is 1. The van der Waals surface area contributed by atoms with E-state index in [0.717, 1.165) is 44.7 Å².